The molecule has 35 heavy (non-hydrogen) atoms. The molecule has 1 aromatic carbocycles. The van der Waals surface area contributed by atoms with Crippen molar-refractivity contribution in [2.24, 2.45) is 5.92 Å². The first-order chi connectivity index (χ1) is 16.3. The van der Waals surface area contributed by atoms with E-state index in [1.165, 1.54) is 6.92 Å². The van der Waals surface area contributed by atoms with Gasteiger partial charge in [0, 0.05) is 12.1 Å². The topological polar surface area (TPSA) is 76.8 Å². The quantitative estimate of drug-likeness (QED) is 0.451. The highest BCUT2D eigenvalue weighted by molar-refractivity contribution is 5.95. The smallest absolute Gasteiger partial charge is 0.328 e. The number of alkyl halides is 6. The Kier molecular flexibility index (Phi) is 6.23. The van der Waals surface area contributed by atoms with Gasteiger partial charge in [0.2, 0.25) is 0 Å². The van der Waals surface area contributed by atoms with Crippen molar-refractivity contribution in [1.82, 2.24) is 29.6 Å². The number of carbonyl (C=O) groups is 1. The molecule has 1 aliphatic rings. The van der Waals surface area contributed by atoms with Crippen molar-refractivity contribution in [3.8, 4) is 5.95 Å². The lowest BCUT2D eigenvalue weighted by atomic mass is 10.0. The van der Waals surface area contributed by atoms with Gasteiger partial charge in [0.05, 0.1) is 29.6 Å². The molecule has 0 radical (unpaired) electrons. The molecule has 0 bridgehead atoms. The highest BCUT2D eigenvalue weighted by Gasteiger charge is 2.39. The van der Waals surface area contributed by atoms with Crippen LogP contribution >= 0.6 is 0 Å². The molecular weight excluding hydrogens is 485 g/mol. The predicted molar refractivity (Wildman–Crippen MR) is 106 cm³/mol. The first-order valence-corrected chi connectivity index (χ1v) is 10.3. The lowest BCUT2D eigenvalue weighted by Crippen LogP contribution is -2.37. The van der Waals surface area contributed by atoms with E-state index in [1.54, 1.807) is 0 Å². The van der Waals surface area contributed by atoms with E-state index in [-0.39, 0.29) is 30.3 Å². The maximum atomic E-state index is 13.3. The average molecular weight is 502 g/mol. The molecule has 1 saturated carbocycles. The van der Waals surface area contributed by atoms with Gasteiger partial charge in [-0.15, -0.1) is 0 Å². The number of amides is 1. The number of carbonyl (C=O) groups excluding carboxylic acids is 1. The van der Waals surface area contributed by atoms with Crippen LogP contribution in [0.1, 0.15) is 53.1 Å². The monoisotopic (exact) mass is 502 g/mol. The zero-order chi connectivity index (χ0) is 25.5. The number of hydrogen-bond donors (Lipinski definition) is 0. The molecule has 1 fully saturated rings. The molecule has 0 spiro atoms. The fourth-order valence-corrected chi connectivity index (χ4v) is 3.48. The number of hydrogen-bond acceptors (Lipinski definition) is 5. The Hall–Kier alpha value is -3.58. The summed E-state index contributed by atoms with van der Waals surface area (Å²) in [4.78, 5) is 26.2. The molecule has 186 valence electrons. The zero-order valence-electron chi connectivity index (χ0n) is 18.0. The van der Waals surface area contributed by atoms with Crippen LogP contribution in [-0.4, -0.2) is 42.1 Å². The Morgan fingerprint density at radius 2 is 1.60 bits per heavy atom. The van der Waals surface area contributed by atoms with E-state index in [1.807, 2.05) is 0 Å². The van der Waals surface area contributed by atoms with Gasteiger partial charge in [0.1, 0.15) is 6.33 Å². The summed E-state index contributed by atoms with van der Waals surface area (Å²) in [7, 11) is 0. The van der Waals surface area contributed by atoms with Crippen molar-refractivity contribution >= 4 is 5.91 Å². The van der Waals surface area contributed by atoms with Gasteiger partial charge >= 0.3 is 12.4 Å². The maximum absolute atomic E-state index is 13.3. The van der Waals surface area contributed by atoms with Crippen LogP contribution in [0.4, 0.5) is 30.7 Å². The summed E-state index contributed by atoms with van der Waals surface area (Å²) in [6, 6.07) is -0.174. The molecule has 0 N–H and O–H groups in total. The molecule has 1 aliphatic carbocycles. The van der Waals surface area contributed by atoms with Gasteiger partial charge in [-0.3, -0.25) is 4.79 Å². The largest absolute Gasteiger partial charge is 0.416 e. The van der Waals surface area contributed by atoms with Crippen LogP contribution in [0.3, 0.4) is 0 Å². The summed E-state index contributed by atoms with van der Waals surface area (Å²) >= 11 is 0. The van der Waals surface area contributed by atoms with Gasteiger partial charge < -0.3 is 4.90 Å². The van der Waals surface area contributed by atoms with Crippen LogP contribution in [-0.2, 0) is 12.4 Å². The van der Waals surface area contributed by atoms with Gasteiger partial charge in [-0.2, -0.15) is 36.1 Å². The highest BCUT2D eigenvalue weighted by atomic mass is 19.4. The van der Waals surface area contributed by atoms with E-state index in [4.69, 9.17) is 0 Å². The highest BCUT2D eigenvalue weighted by Crippen LogP contribution is 2.38. The average Bonchev–Trinajstić information content (AvgIpc) is 3.48. The second kappa shape index (κ2) is 8.89. The standard InChI is InChI=1S/C21H17F7N6O/c1-11(17-31-10-32-34(17)19-29-7-16(22)8-30-19)33(9-12-2-3-12)18(35)13-4-14(20(23,24)25)6-15(5-13)21(26,27)28/h4-8,10-12H,2-3,9H2,1H3/t11-/m0/s1. The van der Waals surface area contributed by atoms with Gasteiger partial charge in [-0.25, -0.2) is 19.3 Å². The minimum absolute atomic E-state index is 0.0338. The molecule has 1 atom stereocenters. The third kappa shape index (κ3) is 5.41. The Morgan fingerprint density at radius 1 is 1.03 bits per heavy atom. The molecular formula is C21H17F7N6O. The summed E-state index contributed by atoms with van der Waals surface area (Å²) in [5.41, 5.74) is -3.93. The lowest BCUT2D eigenvalue weighted by molar-refractivity contribution is -0.143. The minimum Gasteiger partial charge on any atom is -0.328 e. The van der Waals surface area contributed by atoms with E-state index >= 15 is 0 Å². The first kappa shape index (κ1) is 24.5. The van der Waals surface area contributed by atoms with Crippen molar-refractivity contribution in [1.29, 1.82) is 0 Å². The van der Waals surface area contributed by atoms with Crippen LogP contribution < -0.4 is 0 Å². The molecule has 2 aromatic heterocycles. The van der Waals surface area contributed by atoms with Crippen molar-refractivity contribution in [3.05, 3.63) is 65.3 Å². The fourth-order valence-electron chi connectivity index (χ4n) is 3.48. The van der Waals surface area contributed by atoms with E-state index in [2.05, 4.69) is 20.1 Å². The Bertz CT molecular complexity index is 1190. The predicted octanol–water partition coefficient (Wildman–Crippen LogP) is 4.85. The second-order valence-electron chi connectivity index (χ2n) is 8.10. The summed E-state index contributed by atoms with van der Waals surface area (Å²) in [6.45, 7) is 1.58. The Morgan fingerprint density at radius 3 is 2.11 bits per heavy atom. The number of benzene rings is 1. The third-order valence-electron chi connectivity index (χ3n) is 5.46. The van der Waals surface area contributed by atoms with Crippen molar-refractivity contribution in [2.75, 3.05) is 6.54 Å². The van der Waals surface area contributed by atoms with E-state index in [0.29, 0.717) is 12.1 Å². The number of halogens is 7. The van der Waals surface area contributed by atoms with Crippen LogP contribution in [0, 0.1) is 11.7 Å². The zero-order valence-corrected chi connectivity index (χ0v) is 18.0. The molecule has 0 saturated heterocycles. The fraction of sp³-hybridized carbons (Fsp3) is 0.381. The van der Waals surface area contributed by atoms with Gasteiger partial charge in [-0.05, 0) is 43.9 Å². The van der Waals surface area contributed by atoms with Gasteiger partial charge in [-0.1, -0.05) is 0 Å². The van der Waals surface area contributed by atoms with E-state index < -0.39 is 46.8 Å². The van der Waals surface area contributed by atoms with E-state index in [9.17, 15) is 35.5 Å². The normalized spacial score (nSPS) is 15.2. The maximum Gasteiger partial charge on any atom is 0.416 e. The second-order valence-corrected chi connectivity index (χ2v) is 8.10. The van der Waals surface area contributed by atoms with Crippen LogP contribution in [0.5, 0.6) is 0 Å². The number of rotatable bonds is 6. The van der Waals surface area contributed by atoms with Crippen molar-refractivity contribution in [3.63, 3.8) is 0 Å². The SMILES string of the molecule is C[C@@H](c1ncnn1-c1ncc(F)cn1)N(CC1CC1)C(=O)c1cc(C(F)(F)F)cc(C(F)(F)F)c1. The molecule has 1 amide bonds. The van der Waals surface area contributed by atoms with Crippen molar-refractivity contribution < 1.29 is 35.5 Å². The summed E-state index contributed by atoms with van der Waals surface area (Å²) in [5, 5.41) is 3.96. The molecule has 4 rings (SSSR count). The van der Waals surface area contributed by atoms with Crippen LogP contribution in [0.25, 0.3) is 5.95 Å². The molecule has 3 aromatic rings. The number of nitrogens with zero attached hydrogens (tertiary/aromatic N) is 6. The molecule has 14 heteroatoms. The summed E-state index contributed by atoms with van der Waals surface area (Å²) in [5.74, 6) is -1.70. The van der Waals surface area contributed by atoms with E-state index in [0.717, 1.165) is 41.1 Å². The lowest BCUT2D eigenvalue weighted by Gasteiger charge is -2.29. The molecule has 2 heterocycles. The van der Waals surface area contributed by atoms with Crippen LogP contribution in [0.2, 0.25) is 0 Å². The third-order valence-corrected chi connectivity index (χ3v) is 5.46. The van der Waals surface area contributed by atoms with Crippen LogP contribution in [0.15, 0.2) is 36.9 Å². The Balaban J connectivity index is 1.74. The van der Waals surface area contributed by atoms with Crippen molar-refractivity contribution in [2.45, 2.75) is 38.2 Å². The molecule has 0 aliphatic heterocycles. The minimum atomic E-state index is -5.09. The van der Waals surface area contributed by atoms with Gasteiger partial charge in [0.25, 0.3) is 11.9 Å². The molecule has 7 nitrogen and oxygen atoms in total. The first-order valence-electron chi connectivity index (χ1n) is 10.3. The van der Waals surface area contributed by atoms with Gasteiger partial charge in [0.15, 0.2) is 11.6 Å². The molecule has 0 unspecified atom stereocenters. The number of aromatic nitrogens is 5. The summed E-state index contributed by atoms with van der Waals surface area (Å²) in [6.07, 6.45) is -5.81. The Labute approximate surface area is 193 Å². The summed E-state index contributed by atoms with van der Waals surface area (Å²) < 4.78 is 94.2.